The van der Waals surface area contributed by atoms with Gasteiger partial charge in [-0.3, -0.25) is 4.79 Å². The molecular formula is C13H20N4O2. The second kappa shape index (κ2) is 4.92. The Morgan fingerprint density at radius 2 is 2.11 bits per heavy atom. The molecule has 0 spiro atoms. The topological polar surface area (TPSA) is 71.3 Å². The molecule has 0 bridgehead atoms. The SMILES string of the molecule is CC1CN(C(=O)c2noc(C3CCCN3)n2)CC1C. The molecular weight excluding hydrogens is 244 g/mol. The number of carbonyl (C=O) groups excluding carboxylic acids is 1. The van der Waals surface area contributed by atoms with Crippen molar-refractivity contribution in [2.24, 2.45) is 11.8 Å². The maximum atomic E-state index is 12.3. The van der Waals surface area contributed by atoms with E-state index < -0.39 is 0 Å². The Bertz CT molecular complexity index is 457. The summed E-state index contributed by atoms with van der Waals surface area (Å²) in [6.45, 7) is 6.87. The van der Waals surface area contributed by atoms with Crippen molar-refractivity contribution in [3.8, 4) is 0 Å². The molecule has 19 heavy (non-hydrogen) atoms. The maximum absolute atomic E-state index is 12.3. The average Bonchev–Trinajstić information content (AvgIpc) is 3.09. The molecule has 3 rings (SSSR count). The van der Waals surface area contributed by atoms with E-state index in [1.54, 1.807) is 0 Å². The summed E-state index contributed by atoms with van der Waals surface area (Å²) < 4.78 is 5.21. The fraction of sp³-hybridized carbons (Fsp3) is 0.769. The van der Waals surface area contributed by atoms with Crippen LogP contribution >= 0.6 is 0 Å². The van der Waals surface area contributed by atoms with Crippen molar-refractivity contribution >= 4 is 5.91 Å². The molecule has 2 aliphatic rings. The van der Waals surface area contributed by atoms with Gasteiger partial charge in [0.25, 0.3) is 11.7 Å². The summed E-state index contributed by atoms with van der Waals surface area (Å²) in [5.41, 5.74) is 0. The lowest BCUT2D eigenvalue weighted by molar-refractivity contribution is 0.0769. The quantitative estimate of drug-likeness (QED) is 0.869. The van der Waals surface area contributed by atoms with E-state index in [4.69, 9.17) is 4.52 Å². The van der Waals surface area contributed by atoms with Gasteiger partial charge in [-0.2, -0.15) is 4.98 Å². The van der Waals surface area contributed by atoms with Crippen LogP contribution in [0.2, 0.25) is 0 Å². The molecule has 2 aliphatic heterocycles. The minimum Gasteiger partial charge on any atom is -0.337 e. The van der Waals surface area contributed by atoms with Gasteiger partial charge in [0.1, 0.15) is 0 Å². The Hall–Kier alpha value is -1.43. The van der Waals surface area contributed by atoms with Crippen LogP contribution < -0.4 is 5.32 Å². The van der Waals surface area contributed by atoms with Crippen LogP contribution in [0.1, 0.15) is 49.2 Å². The molecule has 6 heteroatoms. The summed E-state index contributed by atoms with van der Waals surface area (Å²) in [5.74, 6) is 1.70. The summed E-state index contributed by atoms with van der Waals surface area (Å²) >= 11 is 0. The number of likely N-dealkylation sites (tertiary alicyclic amines) is 1. The van der Waals surface area contributed by atoms with E-state index in [1.165, 1.54) is 0 Å². The van der Waals surface area contributed by atoms with Crippen molar-refractivity contribution < 1.29 is 9.32 Å². The number of hydrogen-bond donors (Lipinski definition) is 1. The van der Waals surface area contributed by atoms with E-state index in [9.17, 15) is 4.79 Å². The van der Waals surface area contributed by atoms with Crippen LogP contribution in [0.25, 0.3) is 0 Å². The average molecular weight is 264 g/mol. The van der Waals surface area contributed by atoms with Crippen LogP contribution in [0.5, 0.6) is 0 Å². The first-order chi connectivity index (χ1) is 9.15. The summed E-state index contributed by atoms with van der Waals surface area (Å²) in [5, 5.41) is 7.13. The van der Waals surface area contributed by atoms with Crippen LogP contribution in [0.4, 0.5) is 0 Å². The predicted octanol–water partition coefficient (Wildman–Crippen LogP) is 1.22. The van der Waals surface area contributed by atoms with E-state index in [1.807, 2.05) is 4.90 Å². The van der Waals surface area contributed by atoms with E-state index in [0.29, 0.717) is 17.7 Å². The monoisotopic (exact) mass is 264 g/mol. The Kier molecular flexibility index (Phi) is 3.26. The van der Waals surface area contributed by atoms with Gasteiger partial charge < -0.3 is 14.7 Å². The third-order valence-electron chi connectivity index (χ3n) is 4.27. The number of nitrogens with one attached hydrogen (secondary N) is 1. The maximum Gasteiger partial charge on any atom is 0.295 e. The third-order valence-corrected chi connectivity index (χ3v) is 4.27. The smallest absolute Gasteiger partial charge is 0.295 e. The molecule has 1 N–H and O–H groups in total. The van der Waals surface area contributed by atoms with E-state index in [-0.39, 0.29) is 17.8 Å². The number of nitrogens with zero attached hydrogens (tertiary/aromatic N) is 3. The molecule has 1 aromatic heterocycles. The Balaban J connectivity index is 1.70. The number of carbonyl (C=O) groups is 1. The van der Waals surface area contributed by atoms with Gasteiger partial charge in [-0.1, -0.05) is 19.0 Å². The normalized spacial score (nSPS) is 31.1. The van der Waals surface area contributed by atoms with Crippen LogP contribution in [0, 0.1) is 11.8 Å². The van der Waals surface area contributed by atoms with E-state index in [0.717, 1.165) is 32.5 Å². The number of hydrogen-bond acceptors (Lipinski definition) is 5. The van der Waals surface area contributed by atoms with Gasteiger partial charge in [0.2, 0.25) is 5.89 Å². The highest BCUT2D eigenvalue weighted by Crippen LogP contribution is 2.24. The number of amides is 1. The molecule has 2 saturated heterocycles. The molecule has 2 fully saturated rings. The standard InChI is InChI=1S/C13H20N4O2/c1-8-6-17(7-9(8)2)13(18)11-15-12(19-16-11)10-4-3-5-14-10/h8-10,14H,3-7H2,1-2H3. The van der Waals surface area contributed by atoms with Gasteiger partial charge in [-0.05, 0) is 31.2 Å². The van der Waals surface area contributed by atoms with Crippen LogP contribution in [-0.4, -0.2) is 40.6 Å². The van der Waals surface area contributed by atoms with E-state index >= 15 is 0 Å². The zero-order chi connectivity index (χ0) is 13.4. The molecule has 0 aliphatic carbocycles. The van der Waals surface area contributed by atoms with Crippen molar-refractivity contribution in [1.82, 2.24) is 20.4 Å². The van der Waals surface area contributed by atoms with Crippen molar-refractivity contribution in [3.63, 3.8) is 0 Å². The minimum absolute atomic E-state index is 0.107. The molecule has 1 amide bonds. The van der Waals surface area contributed by atoms with Crippen molar-refractivity contribution in [3.05, 3.63) is 11.7 Å². The van der Waals surface area contributed by atoms with Gasteiger partial charge in [0.05, 0.1) is 6.04 Å². The molecule has 1 aromatic rings. The molecule has 3 heterocycles. The Morgan fingerprint density at radius 3 is 2.74 bits per heavy atom. The molecule has 0 radical (unpaired) electrons. The highest BCUT2D eigenvalue weighted by Gasteiger charge is 2.33. The number of aromatic nitrogens is 2. The minimum atomic E-state index is -0.107. The predicted molar refractivity (Wildman–Crippen MR) is 68.5 cm³/mol. The highest BCUT2D eigenvalue weighted by atomic mass is 16.5. The number of rotatable bonds is 2. The molecule has 104 valence electrons. The lowest BCUT2D eigenvalue weighted by Gasteiger charge is -2.12. The molecule has 6 nitrogen and oxygen atoms in total. The largest absolute Gasteiger partial charge is 0.337 e. The molecule has 3 unspecified atom stereocenters. The van der Waals surface area contributed by atoms with Gasteiger partial charge in [0, 0.05) is 13.1 Å². The first-order valence-corrected chi connectivity index (χ1v) is 7.01. The van der Waals surface area contributed by atoms with Crippen LogP contribution in [0.3, 0.4) is 0 Å². The van der Waals surface area contributed by atoms with Crippen molar-refractivity contribution in [2.75, 3.05) is 19.6 Å². The van der Waals surface area contributed by atoms with Crippen LogP contribution in [-0.2, 0) is 0 Å². The molecule has 0 saturated carbocycles. The third kappa shape index (κ3) is 2.36. The summed E-state index contributed by atoms with van der Waals surface area (Å²) in [6.07, 6.45) is 2.10. The Morgan fingerprint density at radius 1 is 1.37 bits per heavy atom. The van der Waals surface area contributed by atoms with Crippen LogP contribution in [0.15, 0.2) is 4.52 Å². The first-order valence-electron chi connectivity index (χ1n) is 7.01. The van der Waals surface area contributed by atoms with Crippen molar-refractivity contribution in [1.29, 1.82) is 0 Å². The second-order valence-corrected chi connectivity index (χ2v) is 5.77. The van der Waals surface area contributed by atoms with E-state index in [2.05, 4.69) is 29.3 Å². The molecule has 3 atom stereocenters. The summed E-state index contributed by atoms with van der Waals surface area (Å²) in [6, 6.07) is 0.116. The van der Waals surface area contributed by atoms with Crippen molar-refractivity contribution in [2.45, 2.75) is 32.7 Å². The van der Waals surface area contributed by atoms with Gasteiger partial charge in [-0.25, -0.2) is 0 Å². The zero-order valence-corrected chi connectivity index (χ0v) is 11.4. The Labute approximate surface area is 112 Å². The molecule has 0 aromatic carbocycles. The first kappa shape index (κ1) is 12.6. The lowest BCUT2D eigenvalue weighted by Crippen LogP contribution is -2.29. The zero-order valence-electron chi connectivity index (χ0n) is 11.4. The lowest BCUT2D eigenvalue weighted by atomic mass is 10.0. The van der Waals surface area contributed by atoms with Gasteiger partial charge in [0.15, 0.2) is 0 Å². The fourth-order valence-electron chi connectivity index (χ4n) is 2.80. The summed E-state index contributed by atoms with van der Waals surface area (Å²) in [4.78, 5) is 18.4. The highest BCUT2D eigenvalue weighted by molar-refractivity contribution is 5.90. The van der Waals surface area contributed by atoms with Gasteiger partial charge >= 0.3 is 0 Å². The van der Waals surface area contributed by atoms with Gasteiger partial charge in [-0.15, -0.1) is 0 Å². The second-order valence-electron chi connectivity index (χ2n) is 5.77. The fourth-order valence-corrected chi connectivity index (χ4v) is 2.80. The summed E-state index contributed by atoms with van der Waals surface area (Å²) in [7, 11) is 0.